The van der Waals surface area contributed by atoms with Gasteiger partial charge in [0, 0.05) is 11.4 Å². The maximum atomic E-state index is 4.41. The van der Waals surface area contributed by atoms with Crippen molar-refractivity contribution in [3.05, 3.63) is 78.6 Å². The molecule has 0 spiro atoms. The molecule has 0 atom stereocenters. The van der Waals surface area contributed by atoms with E-state index in [1.807, 2.05) is 24.3 Å². The van der Waals surface area contributed by atoms with Crippen molar-refractivity contribution in [2.75, 3.05) is 5.32 Å². The largest absolute Gasteiger partial charge is 0.365 e. The van der Waals surface area contributed by atoms with Crippen LogP contribution in [0.15, 0.2) is 73.1 Å². The summed E-state index contributed by atoms with van der Waals surface area (Å²) in [6.07, 6.45) is 1.63. The monoisotopic (exact) mass is 317 g/mol. The van der Waals surface area contributed by atoms with Gasteiger partial charge in [-0.25, -0.2) is 9.97 Å². The van der Waals surface area contributed by atoms with Gasteiger partial charge in [0.2, 0.25) is 0 Å². The number of fused-ring (bicyclic) bond motifs is 1. The van der Waals surface area contributed by atoms with E-state index in [-0.39, 0.29) is 0 Å². The number of anilines is 1. The Morgan fingerprint density at radius 3 is 2.39 bits per heavy atom. The van der Waals surface area contributed by atoms with Gasteiger partial charge in [0.15, 0.2) is 0 Å². The number of nitrogens with zero attached hydrogens (tertiary/aromatic N) is 2. The first-order valence-electron chi connectivity index (χ1n) is 7.48. The Labute approximate surface area is 138 Å². The predicted molar refractivity (Wildman–Crippen MR) is 96.6 cm³/mol. The molecule has 1 N–H and O–H groups in total. The zero-order valence-corrected chi connectivity index (χ0v) is 13.3. The normalized spacial score (nSPS) is 10.8. The molecule has 2 heterocycles. The van der Waals surface area contributed by atoms with E-state index >= 15 is 0 Å². The maximum Gasteiger partial charge on any atom is 0.138 e. The van der Waals surface area contributed by atoms with Crippen molar-refractivity contribution in [1.82, 2.24) is 9.97 Å². The molecule has 2 aromatic carbocycles. The number of benzene rings is 2. The predicted octanol–water partition coefficient (Wildman–Crippen LogP) is 4.97. The number of nitrogens with one attached hydrogen (secondary N) is 1. The first-order valence-corrected chi connectivity index (χ1v) is 8.29. The Bertz CT molecular complexity index is 917. The van der Waals surface area contributed by atoms with Crippen LogP contribution in [-0.4, -0.2) is 9.97 Å². The van der Waals surface area contributed by atoms with Gasteiger partial charge < -0.3 is 5.32 Å². The summed E-state index contributed by atoms with van der Waals surface area (Å²) in [5, 5.41) is 4.50. The molecule has 112 valence electrons. The van der Waals surface area contributed by atoms with E-state index in [2.05, 4.69) is 57.7 Å². The number of aromatic nitrogens is 2. The zero-order valence-electron chi connectivity index (χ0n) is 12.4. The van der Waals surface area contributed by atoms with E-state index in [1.165, 1.54) is 16.0 Å². The van der Waals surface area contributed by atoms with E-state index < -0.39 is 0 Å². The summed E-state index contributed by atoms with van der Waals surface area (Å²) in [7, 11) is 0. The van der Waals surface area contributed by atoms with Crippen LogP contribution in [0.5, 0.6) is 0 Å². The van der Waals surface area contributed by atoms with Gasteiger partial charge in [-0.1, -0.05) is 60.7 Å². The molecule has 3 nitrogen and oxygen atoms in total. The average molecular weight is 317 g/mol. The second-order valence-electron chi connectivity index (χ2n) is 5.26. The molecular weight excluding hydrogens is 302 g/mol. The lowest BCUT2D eigenvalue weighted by Gasteiger charge is -2.06. The van der Waals surface area contributed by atoms with Gasteiger partial charge >= 0.3 is 0 Å². The molecule has 0 unspecified atom stereocenters. The van der Waals surface area contributed by atoms with Gasteiger partial charge in [-0.05, 0) is 17.2 Å². The van der Waals surface area contributed by atoms with Gasteiger partial charge in [-0.15, -0.1) is 11.3 Å². The lowest BCUT2D eigenvalue weighted by Crippen LogP contribution is -2.01. The smallest absolute Gasteiger partial charge is 0.138 e. The van der Waals surface area contributed by atoms with Crippen LogP contribution in [0, 0.1) is 0 Å². The molecule has 0 fully saturated rings. The van der Waals surface area contributed by atoms with Crippen LogP contribution in [0.25, 0.3) is 20.7 Å². The fraction of sp³-hybridized carbons (Fsp3) is 0.0526. The average Bonchev–Trinajstić information content (AvgIpc) is 3.06. The molecule has 0 aliphatic heterocycles. The van der Waals surface area contributed by atoms with Crippen molar-refractivity contribution >= 4 is 27.4 Å². The van der Waals surface area contributed by atoms with E-state index in [4.69, 9.17) is 0 Å². The Hall–Kier alpha value is -2.72. The number of hydrogen-bond donors (Lipinski definition) is 1. The highest BCUT2D eigenvalue weighted by molar-refractivity contribution is 7.21. The lowest BCUT2D eigenvalue weighted by molar-refractivity contribution is 1.11. The van der Waals surface area contributed by atoms with Crippen LogP contribution in [0.3, 0.4) is 0 Å². The Balaban J connectivity index is 1.66. The van der Waals surface area contributed by atoms with Gasteiger partial charge in [0.05, 0.1) is 5.39 Å². The van der Waals surface area contributed by atoms with Crippen LogP contribution in [0.4, 0.5) is 5.82 Å². The van der Waals surface area contributed by atoms with Gasteiger partial charge in [-0.2, -0.15) is 0 Å². The molecule has 4 aromatic rings. The van der Waals surface area contributed by atoms with E-state index in [0.717, 1.165) is 22.6 Å². The van der Waals surface area contributed by atoms with Crippen molar-refractivity contribution in [3.8, 4) is 10.4 Å². The number of hydrogen-bond acceptors (Lipinski definition) is 4. The first-order chi connectivity index (χ1) is 11.4. The number of thiophene rings is 1. The van der Waals surface area contributed by atoms with Crippen molar-refractivity contribution in [2.45, 2.75) is 6.54 Å². The molecule has 2 aromatic heterocycles. The SMILES string of the molecule is c1ccc(CNc2ncnc3sc(-c4ccccc4)cc23)cc1. The van der Waals surface area contributed by atoms with E-state index in [9.17, 15) is 0 Å². The summed E-state index contributed by atoms with van der Waals surface area (Å²) < 4.78 is 0. The Morgan fingerprint density at radius 1 is 0.870 bits per heavy atom. The summed E-state index contributed by atoms with van der Waals surface area (Å²) in [5.74, 6) is 0.886. The molecule has 4 rings (SSSR count). The first kappa shape index (κ1) is 13.9. The van der Waals surface area contributed by atoms with Crippen molar-refractivity contribution in [2.24, 2.45) is 0 Å². The lowest BCUT2D eigenvalue weighted by atomic mass is 10.2. The molecule has 0 aliphatic carbocycles. The zero-order chi connectivity index (χ0) is 15.5. The Kier molecular flexibility index (Phi) is 3.74. The van der Waals surface area contributed by atoms with Crippen molar-refractivity contribution in [3.63, 3.8) is 0 Å². The van der Waals surface area contributed by atoms with Crippen LogP contribution < -0.4 is 5.32 Å². The fourth-order valence-electron chi connectivity index (χ4n) is 2.52. The second-order valence-corrected chi connectivity index (χ2v) is 6.29. The summed E-state index contributed by atoms with van der Waals surface area (Å²) >= 11 is 1.70. The third-order valence-electron chi connectivity index (χ3n) is 3.69. The minimum absolute atomic E-state index is 0.753. The molecule has 0 saturated carbocycles. The summed E-state index contributed by atoms with van der Waals surface area (Å²) in [5.41, 5.74) is 2.45. The Morgan fingerprint density at radius 2 is 1.61 bits per heavy atom. The fourth-order valence-corrected chi connectivity index (χ4v) is 3.53. The molecule has 0 saturated heterocycles. The van der Waals surface area contributed by atoms with Crippen LogP contribution in [0.1, 0.15) is 5.56 Å². The highest BCUT2D eigenvalue weighted by atomic mass is 32.1. The number of rotatable bonds is 4. The molecule has 23 heavy (non-hydrogen) atoms. The standard InChI is InChI=1S/C19H15N3S/c1-3-7-14(8-4-1)12-20-18-16-11-17(15-9-5-2-6-10-15)23-19(16)22-13-21-18/h1-11,13H,12H2,(H,20,21,22). The van der Waals surface area contributed by atoms with Gasteiger partial charge in [0.25, 0.3) is 0 Å². The molecular formula is C19H15N3S. The molecule has 0 radical (unpaired) electrons. The minimum atomic E-state index is 0.753. The van der Waals surface area contributed by atoms with Crippen molar-refractivity contribution < 1.29 is 0 Å². The topological polar surface area (TPSA) is 37.8 Å². The second kappa shape index (κ2) is 6.18. The third kappa shape index (κ3) is 2.94. The highest BCUT2D eigenvalue weighted by Gasteiger charge is 2.09. The summed E-state index contributed by atoms with van der Waals surface area (Å²) in [6.45, 7) is 0.753. The molecule has 0 aliphatic rings. The molecule has 0 amide bonds. The van der Waals surface area contributed by atoms with Gasteiger partial charge in [-0.3, -0.25) is 0 Å². The summed E-state index contributed by atoms with van der Waals surface area (Å²) in [4.78, 5) is 11.0. The minimum Gasteiger partial charge on any atom is -0.365 e. The van der Waals surface area contributed by atoms with E-state index in [1.54, 1.807) is 17.7 Å². The van der Waals surface area contributed by atoms with Crippen LogP contribution in [0.2, 0.25) is 0 Å². The highest BCUT2D eigenvalue weighted by Crippen LogP contribution is 2.34. The molecule has 0 bridgehead atoms. The quantitative estimate of drug-likeness (QED) is 0.577. The molecule has 4 heteroatoms. The van der Waals surface area contributed by atoms with E-state index in [0.29, 0.717) is 0 Å². The van der Waals surface area contributed by atoms with Gasteiger partial charge in [0.1, 0.15) is 17.0 Å². The third-order valence-corrected chi connectivity index (χ3v) is 4.78. The van der Waals surface area contributed by atoms with Crippen molar-refractivity contribution in [1.29, 1.82) is 0 Å². The summed E-state index contributed by atoms with van der Waals surface area (Å²) in [6, 6.07) is 22.9. The maximum absolute atomic E-state index is 4.41. The van der Waals surface area contributed by atoms with Crippen LogP contribution >= 0.6 is 11.3 Å². The van der Waals surface area contributed by atoms with Crippen LogP contribution in [-0.2, 0) is 6.54 Å².